The van der Waals surface area contributed by atoms with Gasteiger partial charge in [0.2, 0.25) is 5.91 Å². The first-order valence-corrected chi connectivity index (χ1v) is 11.6. The molecule has 4 rings (SSSR count). The van der Waals surface area contributed by atoms with Crippen molar-refractivity contribution in [2.45, 2.75) is 38.1 Å². The summed E-state index contributed by atoms with van der Waals surface area (Å²) in [6, 6.07) is 12.9. The molecule has 2 fully saturated rings. The van der Waals surface area contributed by atoms with Crippen molar-refractivity contribution in [2.24, 2.45) is 0 Å². The van der Waals surface area contributed by atoms with Gasteiger partial charge in [-0.3, -0.25) is 9.69 Å². The van der Waals surface area contributed by atoms with Gasteiger partial charge in [-0.25, -0.2) is 4.39 Å². The van der Waals surface area contributed by atoms with Crippen LogP contribution in [-0.4, -0.2) is 61.3 Å². The van der Waals surface area contributed by atoms with Crippen molar-refractivity contribution in [3.8, 4) is 11.5 Å². The molecule has 0 radical (unpaired) electrons. The second-order valence-electron chi connectivity index (χ2n) is 8.48. The van der Waals surface area contributed by atoms with E-state index in [-0.39, 0.29) is 17.8 Å². The highest BCUT2D eigenvalue weighted by molar-refractivity contribution is 5.95. The number of carbonyl (C=O) groups excluding carboxylic acids is 1. The van der Waals surface area contributed by atoms with Crippen LogP contribution in [0.15, 0.2) is 48.5 Å². The van der Waals surface area contributed by atoms with E-state index in [1.54, 1.807) is 24.3 Å². The highest BCUT2D eigenvalue weighted by Gasteiger charge is 2.30. The number of nitrogens with one attached hydrogen (secondary N) is 1. The van der Waals surface area contributed by atoms with Crippen molar-refractivity contribution in [3.63, 3.8) is 0 Å². The van der Waals surface area contributed by atoms with Crippen LogP contribution in [0, 0.1) is 5.82 Å². The third-order valence-corrected chi connectivity index (χ3v) is 6.10. The first-order chi connectivity index (χ1) is 15.7. The summed E-state index contributed by atoms with van der Waals surface area (Å²) in [6.45, 7) is 5.40. The van der Waals surface area contributed by atoms with Crippen molar-refractivity contribution in [1.29, 1.82) is 0 Å². The molecular weight excluding hydrogens is 409 g/mol. The molecule has 0 spiro atoms. The molecule has 2 aliphatic rings. The topological polar surface area (TPSA) is 54.0 Å². The van der Waals surface area contributed by atoms with Crippen LogP contribution in [0.4, 0.5) is 10.1 Å². The second kappa shape index (κ2) is 11.4. The van der Waals surface area contributed by atoms with Crippen LogP contribution >= 0.6 is 0 Å². The van der Waals surface area contributed by atoms with Crippen LogP contribution in [-0.2, 0) is 9.53 Å². The molecule has 0 saturated carbocycles. The van der Waals surface area contributed by atoms with Gasteiger partial charge in [-0.15, -0.1) is 0 Å². The van der Waals surface area contributed by atoms with Crippen molar-refractivity contribution in [1.82, 2.24) is 9.80 Å². The molecule has 0 aromatic heterocycles. The number of likely N-dealkylation sites (tertiary alicyclic amines) is 2. The molecule has 1 amide bonds. The Labute approximate surface area is 189 Å². The molecule has 172 valence electrons. The van der Waals surface area contributed by atoms with Gasteiger partial charge in [0.05, 0.1) is 19.4 Å². The molecule has 6 nitrogen and oxygen atoms in total. The van der Waals surface area contributed by atoms with Gasteiger partial charge in [-0.05, 0) is 87.3 Å². The normalized spacial score (nSPS) is 19.7. The maximum absolute atomic E-state index is 13.0. The van der Waals surface area contributed by atoms with E-state index in [4.69, 9.17) is 9.47 Å². The molecule has 32 heavy (non-hydrogen) atoms. The summed E-state index contributed by atoms with van der Waals surface area (Å²) in [5.74, 6) is 0.877. The number of anilines is 1. The number of rotatable bonds is 9. The molecule has 1 N–H and O–H groups in total. The van der Waals surface area contributed by atoms with Crippen LogP contribution in [0.2, 0.25) is 0 Å². The van der Waals surface area contributed by atoms with Crippen LogP contribution in [0.25, 0.3) is 0 Å². The predicted octanol–water partition coefficient (Wildman–Crippen LogP) is 4.48. The molecule has 2 aromatic carbocycles. The Morgan fingerprint density at radius 3 is 2.34 bits per heavy atom. The summed E-state index contributed by atoms with van der Waals surface area (Å²) < 4.78 is 24.6. The summed E-state index contributed by atoms with van der Waals surface area (Å²) in [7, 11) is 0. The zero-order valence-corrected chi connectivity index (χ0v) is 18.5. The average molecular weight is 442 g/mol. The van der Waals surface area contributed by atoms with E-state index >= 15 is 0 Å². The number of nitrogens with zero attached hydrogens (tertiary/aromatic N) is 2. The minimum Gasteiger partial charge on any atom is -0.457 e. The van der Waals surface area contributed by atoms with E-state index in [0.717, 1.165) is 31.6 Å². The Kier molecular flexibility index (Phi) is 8.09. The Bertz CT molecular complexity index is 854. The third kappa shape index (κ3) is 6.51. The maximum Gasteiger partial charge on any atom is 0.241 e. The summed E-state index contributed by atoms with van der Waals surface area (Å²) in [5.41, 5.74) is 0.722. The number of amides is 1. The number of piperidine rings is 1. The first-order valence-electron chi connectivity index (χ1n) is 11.6. The lowest BCUT2D eigenvalue weighted by atomic mass is 10.1. The minimum absolute atomic E-state index is 0.00525. The lowest BCUT2D eigenvalue weighted by molar-refractivity contribution is -0.122. The van der Waals surface area contributed by atoms with E-state index in [1.807, 2.05) is 12.1 Å². The average Bonchev–Trinajstić information content (AvgIpc) is 3.29. The number of ether oxygens (including phenoxy) is 2. The molecule has 1 atom stereocenters. The van der Waals surface area contributed by atoms with Gasteiger partial charge in [0.15, 0.2) is 0 Å². The fourth-order valence-electron chi connectivity index (χ4n) is 4.31. The Morgan fingerprint density at radius 2 is 1.62 bits per heavy atom. The van der Waals surface area contributed by atoms with E-state index in [1.165, 1.54) is 44.5 Å². The monoisotopic (exact) mass is 441 g/mol. The predicted molar refractivity (Wildman–Crippen MR) is 122 cm³/mol. The first kappa shape index (κ1) is 22.7. The third-order valence-electron chi connectivity index (χ3n) is 6.10. The van der Waals surface area contributed by atoms with E-state index in [0.29, 0.717) is 24.8 Å². The van der Waals surface area contributed by atoms with Gasteiger partial charge in [-0.2, -0.15) is 0 Å². The fraction of sp³-hybridized carbons (Fsp3) is 0.480. The van der Waals surface area contributed by atoms with E-state index in [9.17, 15) is 9.18 Å². The lowest BCUT2D eigenvalue weighted by Crippen LogP contribution is -2.41. The minimum atomic E-state index is -0.302. The van der Waals surface area contributed by atoms with Gasteiger partial charge in [0.1, 0.15) is 17.3 Å². The zero-order valence-electron chi connectivity index (χ0n) is 18.5. The summed E-state index contributed by atoms with van der Waals surface area (Å²) >= 11 is 0. The van der Waals surface area contributed by atoms with Crippen molar-refractivity contribution < 1.29 is 18.7 Å². The smallest absolute Gasteiger partial charge is 0.241 e. The number of benzene rings is 2. The molecule has 0 unspecified atom stereocenters. The molecule has 7 heteroatoms. The SMILES string of the molecule is O=C(Nc1ccc(Oc2ccc(F)cc2)cc1)[C@@H]1CCCN1COCCN1CCCCC1. The summed E-state index contributed by atoms with van der Waals surface area (Å²) in [6.07, 6.45) is 5.75. The Balaban J connectivity index is 1.22. The number of hydrogen-bond acceptors (Lipinski definition) is 5. The molecule has 0 aliphatic carbocycles. The van der Waals surface area contributed by atoms with Crippen molar-refractivity contribution >= 4 is 11.6 Å². The largest absolute Gasteiger partial charge is 0.457 e. The number of halogens is 1. The summed E-state index contributed by atoms with van der Waals surface area (Å²) in [5, 5.41) is 3.00. The van der Waals surface area contributed by atoms with Crippen LogP contribution in [0.5, 0.6) is 11.5 Å². The highest BCUT2D eigenvalue weighted by atomic mass is 19.1. The van der Waals surface area contributed by atoms with Crippen molar-refractivity contribution in [2.75, 3.05) is 44.8 Å². The molecular formula is C25H32FN3O3. The van der Waals surface area contributed by atoms with Gasteiger partial charge in [0.25, 0.3) is 0 Å². The summed E-state index contributed by atoms with van der Waals surface area (Å²) in [4.78, 5) is 17.4. The van der Waals surface area contributed by atoms with E-state index < -0.39 is 0 Å². The van der Waals surface area contributed by atoms with E-state index in [2.05, 4.69) is 15.1 Å². The molecule has 2 aromatic rings. The van der Waals surface area contributed by atoms with Crippen LogP contribution in [0.1, 0.15) is 32.1 Å². The van der Waals surface area contributed by atoms with Gasteiger partial charge < -0.3 is 19.7 Å². The fourth-order valence-corrected chi connectivity index (χ4v) is 4.31. The number of carbonyl (C=O) groups is 1. The lowest BCUT2D eigenvalue weighted by Gasteiger charge is -2.27. The molecule has 0 bridgehead atoms. The van der Waals surface area contributed by atoms with Gasteiger partial charge >= 0.3 is 0 Å². The van der Waals surface area contributed by atoms with Gasteiger partial charge in [0, 0.05) is 18.8 Å². The van der Waals surface area contributed by atoms with Gasteiger partial charge in [-0.1, -0.05) is 6.42 Å². The van der Waals surface area contributed by atoms with Crippen LogP contribution < -0.4 is 10.1 Å². The second-order valence-corrected chi connectivity index (χ2v) is 8.48. The molecule has 2 aliphatic heterocycles. The maximum atomic E-state index is 13.0. The Hall–Kier alpha value is -2.48. The quantitative estimate of drug-likeness (QED) is 0.582. The van der Waals surface area contributed by atoms with Crippen LogP contribution in [0.3, 0.4) is 0 Å². The Morgan fingerprint density at radius 1 is 0.938 bits per heavy atom. The zero-order chi connectivity index (χ0) is 22.2. The highest BCUT2D eigenvalue weighted by Crippen LogP contribution is 2.24. The number of hydrogen-bond donors (Lipinski definition) is 1. The standard InChI is InChI=1S/C25H32FN3O3/c26-20-6-10-22(11-7-20)32-23-12-8-21(9-13-23)27-25(30)24-5-4-16-29(24)19-31-18-17-28-14-2-1-3-15-28/h6-13,24H,1-5,14-19H2,(H,27,30)/t24-/m0/s1. The van der Waals surface area contributed by atoms with Crippen molar-refractivity contribution in [3.05, 3.63) is 54.3 Å². The molecule has 2 saturated heterocycles. The molecule has 2 heterocycles.